The van der Waals surface area contributed by atoms with Crippen LogP contribution >= 0.6 is 0 Å². The minimum absolute atomic E-state index is 0.177. The summed E-state index contributed by atoms with van der Waals surface area (Å²) in [5, 5.41) is 1.60. The van der Waals surface area contributed by atoms with Crippen LogP contribution in [0.15, 0.2) is 95.7 Å². The molecule has 1 unspecified atom stereocenters. The number of rotatable bonds is 3. The van der Waals surface area contributed by atoms with Gasteiger partial charge in [0.15, 0.2) is 0 Å². The van der Waals surface area contributed by atoms with Crippen molar-refractivity contribution in [2.24, 2.45) is 5.92 Å². The van der Waals surface area contributed by atoms with E-state index >= 15 is 0 Å². The molecule has 0 aliphatic heterocycles. The number of hydrogen-bond donors (Lipinski definition) is 0. The summed E-state index contributed by atoms with van der Waals surface area (Å²) in [6, 6.07) is 32.6. The topological polar surface area (TPSA) is 0 Å². The van der Waals surface area contributed by atoms with E-state index in [0.717, 1.165) is 6.42 Å². The average Bonchev–Trinajstić information content (AvgIpc) is 3.55. The molecule has 0 nitrogen and oxygen atoms in total. The Balaban J connectivity index is 0.000000171. The van der Waals surface area contributed by atoms with Crippen LogP contribution in [0.4, 0.5) is 0 Å². The van der Waals surface area contributed by atoms with Gasteiger partial charge in [0, 0.05) is 0 Å². The van der Waals surface area contributed by atoms with Gasteiger partial charge in [0.05, 0.1) is 0 Å². The Morgan fingerprint density at radius 2 is 1.21 bits per heavy atom. The van der Waals surface area contributed by atoms with E-state index in [0.29, 0.717) is 5.92 Å². The Morgan fingerprint density at radius 3 is 1.62 bits per heavy atom. The molecule has 0 fully saturated rings. The molecule has 0 spiro atoms. The number of aryl methyl sites for hydroxylation is 2. The van der Waals surface area contributed by atoms with Crippen molar-refractivity contribution in [2.75, 3.05) is 0 Å². The standard InChI is InChI=1S/C21H25.C15H14.C10H17Si.Zr/c1-20(2,3)16-9-7-14-11-15-8-10-17(21(4,5)6)13-19(15)18(14)12-16;1-12-3-7-14(8-4-12)11-15-9-5-13(2)6-10-15;1-8-6-9(2)10(7-8)11(3,4)5;/h7,9-10,12-13H,11H2,1-6H3;3-10H,1-2H3;7-8H,1-5H3;/q-1;;-1;+2. The van der Waals surface area contributed by atoms with Crippen LogP contribution in [0.3, 0.4) is 0 Å². The molecule has 4 aromatic rings. The predicted octanol–water partition coefficient (Wildman–Crippen LogP) is 12.3. The SMILES string of the molecule is CC(C)(C)c1c[c-]c2c(c1)-c1cc(C(C)(C)C)ccc1C2.CC1=[C-]C(C)C=C1[Si](C)(C)C.Cc1ccc([C](=[Zr+2])c2ccc(C)cc2)cc1. The summed E-state index contributed by atoms with van der Waals surface area (Å²) in [6.45, 7) is 29.5. The number of allylic oxidation sites excluding steroid dienone is 4. The van der Waals surface area contributed by atoms with E-state index in [2.05, 4.69) is 186 Å². The molecule has 0 saturated heterocycles. The van der Waals surface area contributed by atoms with Crippen molar-refractivity contribution in [1.82, 2.24) is 0 Å². The normalized spacial score (nSPS) is 15.3. The van der Waals surface area contributed by atoms with E-state index in [-0.39, 0.29) is 10.8 Å². The van der Waals surface area contributed by atoms with Crippen molar-refractivity contribution >= 4 is 11.3 Å². The van der Waals surface area contributed by atoms with E-state index in [1.165, 1.54) is 88.6 Å². The van der Waals surface area contributed by atoms with Crippen LogP contribution < -0.4 is 0 Å². The number of benzene rings is 4. The zero-order chi connectivity index (χ0) is 35.6. The van der Waals surface area contributed by atoms with Gasteiger partial charge in [-0.2, -0.15) is 35.4 Å². The molecule has 0 N–H and O–H groups in total. The third-order valence-corrected chi connectivity index (χ3v) is 12.9. The zero-order valence-electron chi connectivity index (χ0n) is 31.9. The van der Waals surface area contributed by atoms with Gasteiger partial charge in [0.1, 0.15) is 0 Å². The van der Waals surface area contributed by atoms with E-state index < -0.39 is 8.07 Å². The molecule has 1 atom stereocenters. The van der Waals surface area contributed by atoms with E-state index in [1.807, 2.05) is 0 Å². The Kier molecular flexibility index (Phi) is 12.0. The molecule has 248 valence electrons. The second-order valence-electron chi connectivity index (χ2n) is 16.8. The molecule has 0 saturated carbocycles. The average molecular weight is 728 g/mol. The van der Waals surface area contributed by atoms with Gasteiger partial charge in [0.25, 0.3) is 0 Å². The molecule has 6 rings (SSSR count). The second kappa shape index (κ2) is 15.1. The molecular weight excluding hydrogens is 672 g/mol. The molecule has 0 heterocycles. The summed E-state index contributed by atoms with van der Waals surface area (Å²) in [4.78, 5) is 0. The van der Waals surface area contributed by atoms with E-state index in [9.17, 15) is 0 Å². The van der Waals surface area contributed by atoms with Gasteiger partial charge in [-0.25, -0.2) is 10.8 Å². The summed E-state index contributed by atoms with van der Waals surface area (Å²) in [5.41, 5.74) is 15.5. The minimum atomic E-state index is -1.07. The molecule has 2 aliphatic carbocycles. The van der Waals surface area contributed by atoms with Crippen molar-refractivity contribution in [3.05, 3.63) is 152 Å². The molecule has 0 radical (unpaired) electrons. The first-order chi connectivity index (χ1) is 22.2. The van der Waals surface area contributed by atoms with E-state index in [1.54, 1.807) is 5.20 Å². The van der Waals surface area contributed by atoms with Gasteiger partial charge in [0.2, 0.25) is 0 Å². The van der Waals surface area contributed by atoms with Crippen molar-refractivity contribution in [1.29, 1.82) is 0 Å². The third-order valence-electron chi connectivity index (χ3n) is 9.28. The van der Waals surface area contributed by atoms with Crippen LogP contribution in [0.1, 0.15) is 99.9 Å². The first kappa shape index (κ1) is 38.1. The van der Waals surface area contributed by atoms with Crippen LogP contribution in [-0.4, -0.2) is 11.3 Å². The van der Waals surface area contributed by atoms with Crippen LogP contribution in [-0.2, 0) is 41.5 Å². The predicted molar refractivity (Wildman–Crippen MR) is 210 cm³/mol. The van der Waals surface area contributed by atoms with Gasteiger partial charge >= 0.3 is 112 Å². The van der Waals surface area contributed by atoms with Gasteiger partial charge < -0.3 is 0 Å². The summed E-state index contributed by atoms with van der Waals surface area (Å²) < 4.78 is 1.42. The van der Waals surface area contributed by atoms with Crippen molar-refractivity contribution in [3.63, 3.8) is 0 Å². The maximum atomic E-state index is 3.53. The summed E-state index contributed by atoms with van der Waals surface area (Å²) in [6.07, 6.45) is 6.84. The first-order valence-electron chi connectivity index (χ1n) is 17.5. The number of fused-ring (bicyclic) bond motifs is 3. The summed E-state index contributed by atoms with van der Waals surface area (Å²) in [5.74, 6) is 0.553. The second-order valence-corrected chi connectivity index (χ2v) is 23.1. The van der Waals surface area contributed by atoms with Crippen LogP contribution in [0.2, 0.25) is 19.6 Å². The van der Waals surface area contributed by atoms with Gasteiger partial charge in [-0.3, -0.25) is 6.08 Å². The third kappa shape index (κ3) is 9.73. The van der Waals surface area contributed by atoms with Gasteiger partial charge in [-0.15, -0.1) is 5.56 Å². The molecule has 2 aliphatic rings. The molecule has 0 bridgehead atoms. The molecule has 0 amide bonds. The molecule has 48 heavy (non-hydrogen) atoms. The van der Waals surface area contributed by atoms with Crippen molar-refractivity contribution < 1.29 is 24.2 Å². The Morgan fingerprint density at radius 1 is 0.708 bits per heavy atom. The summed E-state index contributed by atoms with van der Waals surface area (Å²) >= 11 is 1.46. The van der Waals surface area contributed by atoms with Crippen LogP contribution in [0, 0.1) is 31.9 Å². The fourth-order valence-electron chi connectivity index (χ4n) is 6.24. The van der Waals surface area contributed by atoms with Crippen molar-refractivity contribution in [3.8, 4) is 11.1 Å². The Labute approximate surface area is 309 Å². The van der Waals surface area contributed by atoms with E-state index in [4.69, 9.17) is 0 Å². The Bertz CT molecular complexity index is 1700. The quantitative estimate of drug-likeness (QED) is 0.128. The summed E-state index contributed by atoms with van der Waals surface area (Å²) in [7, 11) is -1.07. The molecule has 2 heteroatoms. The molecule has 4 aromatic carbocycles. The maximum absolute atomic E-state index is 3.53. The van der Waals surface area contributed by atoms with Crippen molar-refractivity contribution in [2.45, 2.75) is 106 Å². The monoisotopic (exact) mass is 726 g/mol. The van der Waals surface area contributed by atoms with Gasteiger partial charge in [-0.05, 0) is 25.5 Å². The molecule has 0 aromatic heterocycles. The fraction of sp³-hybridized carbons (Fsp3) is 0.370. The van der Waals surface area contributed by atoms with Crippen LogP contribution in [0.25, 0.3) is 11.1 Å². The van der Waals surface area contributed by atoms with Crippen LogP contribution in [0.5, 0.6) is 0 Å². The Hall–Kier alpha value is -2.67. The zero-order valence-corrected chi connectivity index (χ0v) is 35.3. The molecular formula is C46H56SiZr. The number of hydrogen-bond acceptors (Lipinski definition) is 0. The van der Waals surface area contributed by atoms with Gasteiger partial charge in [-0.1, -0.05) is 116 Å². The first-order valence-corrected chi connectivity index (χ1v) is 22.2. The fourth-order valence-corrected chi connectivity index (χ4v) is 9.01.